The molecular weight excluding hydrogens is 346 g/mol. The first-order valence-electron chi connectivity index (χ1n) is 8.71. The first-order valence-corrected chi connectivity index (χ1v) is 8.71. The molecule has 1 aliphatic heterocycles. The third-order valence-corrected chi connectivity index (χ3v) is 5.00. The molecule has 138 valence electrons. The zero-order chi connectivity index (χ0) is 19.1. The smallest absolute Gasteiger partial charge is 0.404 e. The van der Waals surface area contributed by atoms with Crippen LogP contribution in [0.5, 0.6) is 0 Å². The molecule has 0 radical (unpaired) electrons. The van der Waals surface area contributed by atoms with Crippen LogP contribution in [-0.4, -0.2) is 40.1 Å². The van der Waals surface area contributed by atoms with E-state index < -0.39 is 6.09 Å². The van der Waals surface area contributed by atoms with E-state index in [-0.39, 0.29) is 6.04 Å². The minimum Gasteiger partial charge on any atom is -0.465 e. The Morgan fingerprint density at radius 1 is 1.37 bits per heavy atom. The molecule has 2 aromatic heterocycles. The average molecular weight is 365 g/mol. The van der Waals surface area contributed by atoms with Gasteiger partial charge in [-0.25, -0.2) is 4.79 Å². The number of anilines is 1. The summed E-state index contributed by atoms with van der Waals surface area (Å²) in [6.45, 7) is 5.18. The summed E-state index contributed by atoms with van der Waals surface area (Å²) in [6.07, 6.45) is -0.334. The summed E-state index contributed by atoms with van der Waals surface area (Å²) in [5, 5.41) is 26.0. The van der Waals surface area contributed by atoms with Crippen LogP contribution in [0.4, 0.5) is 10.5 Å². The van der Waals surface area contributed by atoms with Gasteiger partial charge < -0.3 is 19.8 Å². The fourth-order valence-electron chi connectivity index (χ4n) is 3.75. The molecule has 4 rings (SSSR count). The lowest BCUT2D eigenvalue weighted by molar-refractivity contribution is 0.191. The van der Waals surface area contributed by atoms with Crippen LogP contribution in [0.15, 0.2) is 28.8 Å². The number of fused-ring (bicyclic) bond motifs is 1. The van der Waals surface area contributed by atoms with Crippen molar-refractivity contribution in [3.8, 4) is 11.9 Å². The number of aromatic nitrogens is 2. The molecule has 1 fully saturated rings. The fraction of sp³-hybridized carbons (Fsp3) is 0.316. The molecule has 8 heteroatoms. The number of benzene rings is 1. The van der Waals surface area contributed by atoms with Gasteiger partial charge in [-0.15, -0.1) is 0 Å². The van der Waals surface area contributed by atoms with E-state index in [4.69, 9.17) is 9.63 Å². The maximum Gasteiger partial charge on any atom is 0.404 e. The lowest BCUT2D eigenvalue weighted by atomic mass is 10.1. The highest BCUT2D eigenvalue weighted by Gasteiger charge is 2.28. The van der Waals surface area contributed by atoms with Crippen LogP contribution in [0.2, 0.25) is 0 Å². The molecule has 3 heterocycles. The summed E-state index contributed by atoms with van der Waals surface area (Å²) in [7, 11) is 0. The second-order valence-electron chi connectivity index (χ2n) is 6.82. The van der Waals surface area contributed by atoms with Crippen molar-refractivity contribution in [2.24, 2.45) is 0 Å². The van der Waals surface area contributed by atoms with Crippen molar-refractivity contribution in [2.45, 2.75) is 26.3 Å². The van der Waals surface area contributed by atoms with Crippen LogP contribution in [0, 0.1) is 25.2 Å². The molecule has 2 N–H and O–H groups in total. The number of nitrogens with one attached hydrogen (secondary N) is 1. The van der Waals surface area contributed by atoms with Crippen molar-refractivity contribution >= 4 is 22.7 Å². The number of carbonyl (C=O) groups is 1. The Morgan fingerprint density at radius 2 is 2.11 bits per heavy atom. The van der Waals surface area contributed by atoms with Crippen LogP contribution < -0.4 is 10.2 Å². The van der Waals surface area contributed by atoms with Crippen LogP contribution in [0.3, 0.4) is 0 Å². The molecule has 0 spiro atoms. The lowest BCUT2D eigenvalue weighted by Crippen LogP contribution is -2.36. The molecule has 1 aromatic carbocycles. The Bertz CT molecular complexity index is 1060. The summed E-state index contributed by atoms with van der Waals surface area (Å²) >= 11 is 0. The van der Waals surface area contributed by atoms with Gasteiger partial charge >= 0.3 is 6.09 Å². The molecule has 1 unspecified atom stereocenters. The summed E-state index contributed by atoms with van der Waals surface area (Å²) in [5.41, 5.74) is 3.93. The average Bonchev–Trinajstić information content (AvgIpc) is 3.33. The van der Waals surface area contributed by atoms with E-state index in [9.17, 15) is 10.1 Å². The summed E-state index contributed by atoms with van der Waals surface area (Å²) in [5.74, 6) is 0.655. The molecule has 8 nitrogen and oxygen atoms in total. The Hall–Kier alpha value is -3.47. The molecule has 0 aliphatic carbocycles. The normalized spacial score (nSPS) is 16.6. The third kappa shape index (κ3) is 2.87. The number of carboxylic acid groups (broad SMARTS) is 1. The summed E-state index contributed by atoms with van der Waals surface area (Å²) < 4.78 is 7.68. The molecule has 27 heavy (non-hydrogen) atoms. The molecule has 1 amide bonds. The molecule has 1 saturated heterocycles. The number of hydrogen-bond acceptors (Lipinski definition) is 5. The van der Waals surface area contributed by atoms with Gasteiger partial charge in [0.2, 0.25) is 0 Å². The summed E-state index contributed by atoms with van der Waals surface area (Å²) in [6, 6.07) is 9.62. The summed E-state index contributed by atoms with van der Waals surface area (Å²) in [4.78, 5) is 12.9. The number of rotatable bonds is 3. The Kier molecular flexibility index (Phi) is 4.00. The van der Waals surface area contributed by atoms with Gasteiger partial charge in [0.1, 0.15) is 0 Å². The van der Waals surface area contributed by atoms with Crippen molar-refractivity contribution < 1.29 is 14.4 Å². The Morgan fingerprint density at radius 3 is 2.78 bits per heavy atom. The van der Waals surface area contributed by atoms with Gasteiger partial charge in [0.15, 0.2) is 11.4 Å². The van der Waals surface area contributed by atoms with Crippen LogP contribution >= 0.6 is 0 Å². The quantitative estimate of drug-likeness (QED) is 0.739. The topological polar surface area (TPSA) is 107 Å². The van der Waals surface area contributed by atoms with Crippen molar-refractivity contribution in [3.63, 3.8) is 0 Å². The van der Waals surface area contributed by atoms with E-state index in [2.05, 4.69) is 16.5 Å². The van der Waals surface area contributed by atoms with Crippen molar-refractivity contribution in [2.75, 3.05) is 18.0 Å². The Balaban J connectivity index is 1.81. The number of amides is 1. The first kappa shape index (κ1) is 17.0. The second kappa shape index (κ2) is 6.36. The van der Waals surface area contributed by atoms with Crippen molar-refractivity contribution in [1.29, 1.82) is 5.26 Å². The van der Waals surface area contributed by atoms with Crippen LogP contribution in [0.25, 0.3) is 16.8 Å². The van der Waals surface area contributed by atoms with E-state index in [1.165, 1.54) is 0 Å². The number of nitrogens with zero attached hydrogens (tertiary/aromatic N) is 4. The molecule has 3 aromatic rings. The number of nitriles is 1. The van der Waals surface area contributed by atoms with Crippen LogP contribution in [-0.2, 0) is 0 Å². The minimum absolute atomic E-state index is 0.153. The third-order valence-electron chi connectivity index (χ3n) is 5.00. The maximum absolute atomic E-state index is 10.9. The maximum atomic E-state index is 10.9. The highest BCUT2D eigenvalue weighted by Crippen LogP contribution is 2.35. The van der Waals surface area contributed by atoms with Gasteiger partial charge in [-0.1, -0.05) is 5.16 Å². The lowest BCUT2D eigenvalue weighted by Gasteiger charge is -2.19. The van der Waals surface area contributed by atoms with Gasteiger partial charge in [-0.2, -0.15) is 5.26 Å². The van der Waals surface area contributed by atoms with Crippen molar-refractivity contribution in [1.82, 2.24) is 15.0 Å². The van der Waals surface area contributed by atoms with Gasteiger partial charge in [0.05, 0.1) is 28.7 Å². The second-order valence-corrected chi connectivity index (χ2v) is 6.82. The van der Waals surface area contributed by atoms with Gasteiger partial charge in [-0.05, 0) is 44.5 Å². The number of hydrogen-bond donors (Lipinski definition) is 2. The van der Waals surface area contributed by atoms with Gasteiger partial charge in [-0.3, -0.25) is 4.57 Å². The molecule has 1 atom stereocenters. The molecular formula is C19H19N5O3. The minimum atomic E-state index is -1.03. The van der Waals surface area contributed by atoms with Crippen molar-refractivity contribution in [3.05, 3.63) is 41.2 Å². The molecule has 0 saturated carbocycles. The van der Waals surface area contributed by atoms with Gasteiger partial charge in [0, 0.05) is 24.5 Å². The predicted molar refractivity (Wildman–Crippen MR) is 99.3 cm³/mol. The highest BCUT2D eigenvalue weighted by molar-refractivity contribution is 5.95. The van der Waals surface area contributed by atoms with E-state index in [1.807, 2.05) is 35.4 Å². The standard InChI is InChI=1S/C19H19N5O3/c1-11-3-4-12(2)24(11)18-15-7-13(9-20)8-16(17(15)27-22-18)23-6-5-14(10-23)21-19(25)26/h3-4,7-8,14,21H,5-6,10H2,1-2H3,(H,25,26). The zero-order valence-electron chi connectivity index (χ0n) is 15.1. The van der Waals surface area contributed by atoms with Gasteiger partial charge in [0.25, 0.3) is 0 Å². The molecule has 0 bridgehead atoms. The zero-order valence-corrected chi connectivity index (χ0v) is 15.1. The Labute approximate surface area is 155 Å². The predicted octanol–water partition coefficient (Wildman–Crippen LogP) is 2.95. The largest absolute Gasteiger partial charge is 0.465 e. The van der Waals surface area contributed by atoms with E-state index in [1.54, 1.807) is 12.1 Å². The van der Waals surface area contributed by atoms with Crippen LogP contribution in [0.1, 0.15) is 23.4 Å². The number of aryl methyl sites for hydroxylation is 2. The fourth-order valence-corrected chi connectivity index (χ4v) is 3.75. The monoisotopic (exact) mass is 365 g/mol. The highest BCUT2D eigenvalue weighted by atomic mass is 16.5. The van der Waals surface area contributed by atoms with E-state index >= 15 is 0 Å². The molecule has 1 aliphatic rings. The van der Waals surface area contributed by atoms with E-state index in [0.717, 1.165) is 22.5 Å². The van der Waals surface area contributed by atoms with E-state index in [0.29, 0.717) is 36.5 Å². The first-order chi connectivity index (χ1) is 13.0. The SMILES string of the molecule is Cc1ccc(C)n1-c1noc2c(N3CCC(NC(=O)O)C3)cc(C#N)cc12.